The van der Waals surface area contributed by atoms with E-state index in [1.807, 2.05) is 4.90 Å². The standard InChI is InChI=1S/C34H34F3N7O2/c1-3-27(45)44-10-9-42(17-21(44)14-38-2)32-25-15-39-30(22-5-6-26(36)28-23-11-19(23)12-24(22)28)29(37)31(25)40-33(41-32)46-18-34-7-4-8-43(34)16-20(35)13-34/h3,5-6,15,19-21,23H,1,4,7-14,16-18H2/t19-,20-,21+,23-,34+/m1/s1. The first-order valence-electron chi connectivity index (χ1n) is 16.0. The minimum atomic E-state index is -0.930. The molecule has 1 amide bonds. The van der Waals surface area contributed by atoms with Gasteiger partial charge < -0.3 is 19.4 Å². The van der Waals surface area contributed by atoms with Crippen molar-refractivity contribution in [1.82, 2.24) is 24.8 Å². The molecule has 2 aromatic heterocycles. The molecule has 1 aromatic carbocycles. The van der Waals surface area contributed by atoms with E-state index in [0.717, 1.165) is 31.4 Å². The van der Waals surface area contributed by atoms with Crippen LogP contribution in [0.4, 0.5) is 19.0 Å². The summed E-state index contributed by atoms with van der Waals surface area (Å²) in [5, 5.41) is 0.366. The van der Waals surface area contributed by atoms with Crippen molar-refractivity contribution in [3.05, 3.63) is 65.2 Å². The van der Waals surface area contributed by atoms with Crippen LogP contribution in [0.25, 0.3) is 27.0 Å². The molecule has 3 aliphatic heterocycles. The third-order valence-corrected chi connectivity index (χ3v) is 10.7. The number of carbonyl (C=O) groups is 1. The van der Waals surface area contributed by atoms with Gasteiger partial charge in [0.1, 0.15) is 41.7 Å². The van der Waals surface area contributed by atoms with Crippen molar-refractivity contribution in [3.8, 4) is 17.3 Å². The molecule has 0 bridgehead atoms. The average Bonchev–Trinajstić information content (AvgIpc) is 3.36. The number of pyridine rings is 1. The van der Waals surface area contributed by atoms with E-state index in [2.05, 4.69) is 26.3 Å². The van der Waals surface area contributed by atoms with Crippen molar-refractivity contribution < 1.29 is 22.7 Å². The van der Waals surface area contributed by atoms with Gasteiger partial charge in [0.15, 0.2) is 5.82 Å². The Balaban J connectivity index is 1.21. The topological polar surface area (TPSA) is 79.1 Å². The lowest BCUT2D eigenvalue weighted by molar-refractivity contribution is -0.128. The predicted molar refractivity (Wildman–Crippen MR) is 165 cm³/mol. The number of benzene rings is 1. The summed E-state index contributed by atoms with van der Waals surface area (Å²) in [6, 6.07) is 2.54. The van der Waals surface area contributed by atoms with Crippen LogP contribution >= 0.6 is 0 Å². The van der Waals surface area contributed by atoms with Crippen molar-refractivity contribution >= 4 is 22.6 Å². The molecule has 5 atom stereocenters. The number of halogens is 3. The molecule has 0 radical (unpaired) electrons. The lowest BCUT2D eigenvalue weighted by Gasteiger charge is -2.39. The molecule has 8 rings (SSSR count). The molecule has 0 spiro atoms. The van der Waals surface area contributed by atoms with E-state index in [0.29, 0.717) is 60.7 Å². The summed E-state index contributed by atoms with van der Waals surface area (Å²) in [6.07, 6.45) is 5.62. The van der Waals surface area contributed by atoms with Crippen molar-refractivity contribution in [2.24, 2.45) is 5.92 Å². The van der Waals surface area contributed by atoms with Gasteiger partial charge in [0.2, 0.25) is 12.5 Å². The minimum absolute atomic E-state index is 0.0214. The summed E-state index contributed by atoms with van der Waals surface area (Å²) in [5.41, 5.74) is 1.73. The van der Waals surface area contributed by atoms with E-state index in [-0.39, 0.29) is 54.6 Å². The number of fused-ring (bicyclic) bond motifs is 5. The van der Waals surface area contributed by atoms with Gasteiger partial charge in [-0.25, -0.2) is 19.7 Å². The third kappa shape index (κ3) is 4.62. The Bertz CT molecular complexity index is 1810. The number of hydrogen-bond donors (Lipinski definition) is 0. The van der Waals surface area contributed by atoms with E-state index in [4.69, 9.17) is 16.3 Å². The van der Waals surface area contributed by atoms with Crippen LogP contribution in [0, 0.1) is 24.1 Å². The first-order chi connectivity index (χ1) is 22.3. The Morgan fingerprint density at radius 1 is 1.22 bits per heavy atom. The highest BCUT2D eigenvalue weighted by molar-refractivity contribution is 5.93. The molecule has 3 aromatic rings. The number of aromatic nitrogens is 3. The number of amides is 1. The highest BCUT2D eigenvalue weighted by Gasteiger charge is 2.50. The van der Waals surface area contributed by atoms with Crippen LogP contribution in [0.5, 0.6) is 6.01 Å². The quantitative estimate of drug-likeness (QED) is 0.277. The smallest absolute Gasteiger partial charge is 0.319 e. The Kier molecular flexibility index (Phi) is 6.94. The molecule has 1 saturated carbocycles. The largest absolute Gasteiger partial charge is 0.461 e. The van der Waals surface area contributed by atoms with E-state index >= 15 is 4.39 Å². The van der Waals surface area contributed by atoms with Crippen LogP contribution in [0.3, 0.4) is 0 Å². The van der Waals surface area contributed by atoms with Gasteiger partial charge in [0, 0.05) is 44.4 Å². The van der Waals surface area contributed by atoms with Crippen LogP contribution in [-0.2, 0) is 11.2 Å². The predicted octanol–water partition coefficient (Wildman–Crippen LogP) is 4.71. The second kappa shape index (κ2) is 10.9. The molecular formula is C34H34F3N7O2. The van der Waals surface area contributed by atoms with Crippen molar-refractivity contribution in [2.75, 3.05) is 50.8 Å². The first-order valence-corrected chi connectivity index (χ1v) is 16.0. The molecule has 5 aliphatic rings. The zero-order valence-electron chi connectivity index (χ0n) is 25.4. The van der Waals surface area contributed by atoms with Crippen LogP contribution in [-0.4, -0.2) is 94.3 Å². The molecule has 2 aliphatic carbocycles. The molecule has 12 heteroatoms. The second-order valence-electron chi connectivity index (χ2n) is 13.3. The van der Waals surface area contributed by atoms with Crippen molar-refractivity contribution in [2.45, 2.75) is 55.8 Å². The zero-order chi connectivity index (χ0) is 31.7. The maximum absolute atomic E-state index is 16.7. The highest BCUT2D eigenvalue weighted by Crippen LogP contribution is 2.58. The fourth-order valence-corrected chi connectivity index (χ4v) is 8.45. The van der Waals surface area contributed by atoms with Crippen molar-refractivity contribution in [1.29, 1.82) is 0 Å². The lowest BCUT2D eigenvalue weighted by Crippen LogP contribution is -2.56. The van der Waals surface area contributed by atoms with Crippen molar-refractivity contribution in [3.63, 3.8) is 0 Å². The van der Waals surface area contributed by atoms with Gasteiger partial charge in [0.05, 0.1) is 10.9 Å². The Morgan fingerprint density at radius 2 is 2.09 bits per heavy atom. The van der Waals surface area contributed by atoms with Gasteiger partial charge in [-0.3, -0.25) is 14.7 Å². The Morgan fingerprint density at radius 3 is 2.91 bits per heavy atom. The third-order valence-electron chi connectivity index (χ3n) is 10.7. The number of ether oxygens (including phenoxy) is 1. The summed E-state index contributed by atoms with van der Waals surface area (Å²) in [7, 11) is 0. The molecule has 46 heavy (non-hydrogen) atoms. The zero-order valence-corrected chi connectivity index (χ0v) is 25.4. The Labute approximate surface area is 264 Å². The number of nitrogens with zero attached hydrogens (tertiary/aromatic N) is 7. The molecule has 5 heterocycles. The first kappa shape index (κ1) is 29.2. The second-order valence-corrected chi connectivity index (χ2v) is 13.3. The summed E-state index contributed by atoms with van der Waals surface area (Å²) in [4.78, 5) is 35.7. The van der Waals surface area contributed by atoms with Gasteiger partial charge >= 0.3 is 6.01 Å². The molecule has 9 nitrogen and oxygen atoms in total. The van der Waals surface area contributed by atoms with Crippen LogP contribution in [0.2, 0.25) is 0 Å². The van der Waals surface area contributed by atoms with Crippen LogP contribution in [0.15, 0.2) is 31.0 Å². The van der Waals surface area contributed by atoms with Crippen LogP contribution < -0.4 is 9.64 Å². The molecule has 0 unspecified atom stereocenters. The number of anilines is 1. The monoisotopic (exact) mass is 629 g/mol. The minimum Gasteiger partial charge on any atom is -0.461 e. The summed E-state index contributed by atoms with van der Waals surface area (Å²) >= 11 is 0. The highest BCUT2D eigenvalue weighted by atomic mass is 19.1. The van der Waals surface area contributed by atoms with Crippen LogP contribution in [0.1, 0.15) is 42.7 Å². The molecular weight excluding hydrogens is 595 g/mol. The number of alkyl halides is 1. The number of hydrogen-bond acceptors (Lipinski definition) is 7. The molecule has 3 saturated heterocycles. The lowest BCUT2D eigenvalue weighted by atomic mass is 9.95. The number of carbonyl (C=O) groups excluding carboxylic acids is 1. The fraction of sp³-hybridized carbons (Fsp3) is 0.500. The van der Waals surface area contributed by atoms with E-state index in [9.17, 15) is 13.6 Å². The number of rotatable bonds is 7. The van der Waals surface area contributed by atoms with Gasteiger partial charge in [0.25, 0.3) is 0 Å². The molecule has 238 valence electrons. The van der Waals surface area contributed by atoms with E-state index < -0.39 is 23.6 Å². The molecule has 4 fully saturated rings. The average molecular weight is 630 g/mol. The Hall–Kier alpha value is -4.24. The summed E-state index contributed by atoms with van der Waals surface area (Å²) < 4.78 is 52.2. The van der Waals surface area contributed by atoms with Gasteiger partial charge in [-0.15, -0.1) is 0 Å². The van der Waals surface area contributed by atoms with E-state index in [1.165, 1.54) is 12.1 Å². The maximum Gasteiger partial charge on any atom is 0.319 e. The summed E-state index contributed by atoms with van der Waals surface area (Å²) in [6.45, 7) is 13.5. The molecule has 0 N–H and O–H groups in total. The van der Waals surface area contributed by atoms with Gasteiger partial charge in [-0.05, 0) is 73.4 Å². The normalized spacial score (nSPS) is 28.1. The maximum atomic E-state index is 16.7. The fourth-order valence-electron chi connectivity index (χ4n) is 8.45. The van der Waals surface area contributed by atoms with Gasteiger partial charge in [-0.2, -0.15) is 9.97 Å². The summed E-state index contributed by atoms with van der Waals surface area (Å²) in [5.74, 6) is -0.182. The van der Waals surface area contributed by atoms with Gasteiger partial charge in [-0.1, -0.05) is 6.58 Å². The van der Waals surface area contributed by atoms with E-state index in [1.54, 1.807) is 17.2 Å². The SMILES string of the molecule is [C-]#[N+]C[C@H]1CN(c2nc(OC[C@@]34CCCN3C[C@H](F)C4)nc3c(F)c(-c4ccc(F)c5c4C[C@H]4C[C@@H]54)ncc23)CCN1C(=O)C=C. The number of piperazine rings is 1.